The normalized spacial score (nSPS) is 30.0. The average molecular weight is 194 g/mol. The van der Waals surface area contributed by atoms with Crippen LogP contribution in [0.4, 0.5) is 8.78 Å². The van der Waals surface area contributed by atoms with Gasteiger partial charge in [-0.2, -0.15) is 0 Å². The van der Waals surface area contributed by atoms with Gasteiger partial charge in [0.05, 0.1) is 13.2 Å². The second-order valence-corrected chi connectivity index (χ2v) is 3.43. The molecule has 2 N–H and O–H groups in total. The first-order chi connectivity index (χ1) is 6.11. The van der Waals surface area contributed by atoms with Crippen molar-refractivity contribution in [2.45, 2.75) is 24.9 Å². The minimum atomic E-state index is -2.31. The van der Waals surface area contributed by atoms with Crippen molar-refractivity contribution in [3.05, 3.63) is 0 Å². The van der Waals surface area contributed by atoms with E-state index in [9.17, 15) is 8.78 Å². The molecule has 0 radical (unpaired) electrons. The van der Waals surface area contributed by atoms with E-state index in [0.29, 0.717) is 13.2 Å². The van der Waals surface area contributed by atoms with Crippen LogP contribution in [0, 0.1) is 0 Å². The maximum absolute atomic E-state index is 12.0. The first-order valence-electron chi connectivity index (χ1n) is 4.43. The lowest BCUT2D eigenvalue weighted by Gasteiger charge is -2.35. The average Bonchev–Trinajstić information content (AvgIpc) is 2.03. The van der Waals surface area contributed by atoms with Gasteiger partial charge in [0.25, 0.3) is 6.43 Å². The van der Waals surface area contributed by atoms with Crippen LogP contribution in [-0.4, -0.2) is 50.2 Å². The lowest BCUT2D eigenvalue weighted by Crippen LogP contribution is -2.53. The molecule has 3 nitrogen and oxygen atoms in total. The number of hydrogen-bond donors (Lipinski definition) is 1. The van der Waals surface area contributed by atoms with E-state index in [1.165, 1.54) is 0 Å². The highest BCUT2D eigenvalue weighted by molar-refractivity contribution is 4.83. The number of nitrogens with zero attached hydrogens (tertiary/aromatic N) is 1. The van der Waals surface area contributed by atoms with Gasteiger partial charge in [0.2, 0.25) is 0 Å². The highest BCUT2D eigenvalue weighted by Gasteiger charge is 2.27. The van der Waals surface area contributed by atoms with Crippen LogP contribution >= 0.6 is 0 Å². The minimum absolute atomic E-state index is 0.0440. The third kappa shape index (κ3) is 3.17. The Morgan fingerprint density at radius 3 is 2.85 bits per heavy atom. The van der Waals surface area contributed by atoms with Crippen molar-refractivity contribution >= 4 is 0 Å². The molecule has 1 heterocycles. The van der Waals surface area contributed by atoms with E-state index in [4.69, 9.17) is 10.5 Å². The van der Waals surface area contributed by atoms with E-state index in [1.54, 1.807) is 11.9 Å². The molecule has 1 saturated heterocycles. The fourth-order valence-electron chi connectivity index (χ4n) is 1.55. The maximum atomic E-state index is 12.0. The summed E-state index contributed by atoms with van der Waals surface area (Å²) in [5.74, 6) is 0. The zero-order valence-electron chi connectivity index (χ0n) is 7.75. The molecular formula is C8H16F2N2O. The molecule has 0 aromatic carbocycles. The standard InChI is InChI=1S/C8H16F2N2O/c1-12(4-8(9)10)7-5-13-3-2-6(7)11/h6-8H,2-5,11H2,1H3. The summed E-state index contributed by atoms with van der Waals surface area (Å²) in [5, 5.41) is 0. The molecular weight excluding hydrogens is 178 g/mol. The van der Waals surface area contributed by atoms with Crippen molar-refractivity contribution < 1.29 is 13.5 Å². The van der Waals surface area contributed by atoms with Crippen molar-refractivity contribution in [3.63, 3.8) is 0 Å². The van der Waals surface area contributed by atoms with Crippen molar-refractivity contribution in [3.8, 4) is 0 Å². The molecule has 78 valence electrons. The van der Waals surface area contributed by atoms with Gasteiger partial charge in [-0.15, -0.1) is 0 Å². The molecule has 1 rings (SSSR count). The van der Waals surface area contributed by atoms with E-state index in [0.717, 1.165) is 6.42 Å². The van der Waals surface area contributed by atoms with Gasteiger partial charge in [-0.25, -0.2) is 8.78 Å². The fraction of sp³-hybridized carbons (Fsp3) is 1.00. The summed E-state index contributed by atoms with van der Waals surface area (Å²) in [4.78, 5) is 1.58. The molecule has 1 aliphatic heterocycles. The molecule has 0 saturated carbocycles. The Labute approximate surface area is 76.8 Å². The summed E-state index contributed by atoms with van der Waals surface area (Å²) in [6.45, 7) is 0.867. The van der Waals surface area contributed by atoms with Crippen molar-refractivity contribution in [2.24, 2.45) is 5.73 Å². The van der Waals surface area contributed by atoms with E-state index in [-0.39, 0.29) is 18.6 Å². The molecule has 0 bridgehead atoms. The van der Waals surface area contributed by atoms with Crippen LogP contribution < -0.4 is 5.73 Å². The molecule has 5 heteroatoms. The number of alkyl halides is 2. The lowest BCUT2D eigenvalue weighted by molar-refractivity contribution is -0.00538. The SMILES string of the molecule is CN(CC(F)F)C1COCCC1N. The molecule has 0 aromatic rings. The molecule has 1 aliphatic rings. The molecule has 0 aliphatic carbocycles. The van der Waals surface area contributed by atoms with Crippen LogP contribution in [0.3, 0.4) is 0 Å². The zero-order chi connectivity index (χ0) is 9.84. The lowest BCUT2D eigenvalue weighted by atomic mass is 10.0. The smallest absolute Gasteiger partial charge is 0.251 e. The van der Waals surface area contributed by atoms with Gasteiger partial charge in [0, 0.05) is 18.7 Å². The predicted molar refractivity (Wildman–Crippen MR) is 45.8 cm³/mol. The van der Waals surface area contributed by atoms with Gasteiger partial charge in [0.15, 0.2) is 0 Å². The third-order valence-electron chi connectivity index (χ3n) is 2.37. The largest absolute Gasteiger partial charge is 0.380 e. The summed E-state index contributed by atoms with van der Waals surface area (Å²) >= 11 is 0. The second kappa shape index (κ2) is 4.83. The summed E-state index contributed by atoms with van der Waals surface area (Å²) < 4.78 is 29.3. The van der Waals surface area contributed by atoms with Crippen LogP contribution in [0.25, 0.3) is 0 Å². The number of rotatable bonds is 3. The molecule has 2 unspecified atom stereocenters. The Morgan fingerprint density at radius 1 is 1.62 bits per heavy atom. The molecule has 2 atom stereocenters. The third-order valence-corrected chi connectivity index (χ3v) is 2.37. The highest BCUT2D eigenvalue weighted by Crippen LogP contribution is 2.12. The molecule has 0 spiro atoms. The van der Waals surface area contributed by atoms with Gasteiger partial charge in [-0.05, 0) is 13.5 Å². The van der Waals surface area contributed by atoms with Crippen molar-refractivity contribution in [2.75, 3.05) is 26.8 Å². The minimum Gasteiger partial charge on any atom is -0.380 e. The van der Waals surface area contributed by atoms with Crippen LogP contribution in [0.15, 0.2) is 0 Å². The van der Waals surface area contributed by atoms with Crippen molar-refractivity contribution in [1.82, 2.24) is 4.90 Å². The summed E-state index contributed by atoms with van der Waals surface area (Å²) in [7, 11) is 1.66. The number of nitrogens with two attached hydrogens (primary N) is 1. The van der Waals surface area contributed by atoms with Gasteiger partial charge in [0.1, 0.15) is 0 Å². The maximum Gasteiger partial charge on any atom is 0.251 e. The number of likely N-dealkylation sites (N-methyl/N-ethyl adjacent to an activating group) is 1. The first kappa shape index (κ1) is 10.8. The van der Waals surface area contributed by atoms with Gasteiger partial charge < -0.3 is 10.5 Å². The summed E-state index contributed by atoms with van der Waals surface area (Å²) in [6.07, 6.45) is -1.56. The van der Waals surface area contributed by atoms with E-state index >= 15 is 0 Å². The van der Waals surface area contributed by atoms with Crippen LogP contribution in [0.2, 0.25) is 0 Å². The first-order valence-corrected chi connectivity index (χ1v) is 4.43. The Kier molecular flexibility index (Phi) is 4.02. The molecule has 13 heavy (non-hydrogen) atoms. The molecule has 0 amide bonds. The fourth-order valence-corrected chi connectivity index (χ4v) is 1.55. The Balaban J connectivity index is 2.39. The summed E-state index contributed by atoms with van der Waals surface area (Å²) in [5.41, 5.74) is 5.79. The topological polar surface area (TPSA) is 38.5 Å². The van der Waals surface area contributed by atoms with Crippen LogP contribution in [0.5, 0.6) is 0 Å². The second-order valence-electron chi connectivity index (χ2n) is 3.43. The van der Waals surface area contributed by atoms with Gasteiger partial charge in [-0.3, -0.25) is 4.90 Å². The van der Waals surface area contributed by atoms with Crippen molar-refractivity contribution in [1.29, 1.82) is 0 Å². The highest BCUT2D eigenvalue weighted by atomic mass is 19.3. The monoisotopic (exact) mass is 194 g/mol. The van der Waals surface area contributed by atoms with Gasteiger partial charge >= 0.3 is 0 Å². The van der Waals surface area contributed by atoms with E-state index in [2.05, 4.69) is 0 Å². The molecule has 1 fully saturated rings. The summed E-state index contributed by atoms with van der Waals surface area (Å²) in [6, 6.07) is -0.111. The molecule has 0 aromatic heterocycles. The zero-order valence-corrected chi connectivity index (χ0v) is 7.75. The van der Waals surface area contributed by atoms with E-state index in [1.807, 2.05) is 0 Å². The van der Waals surface area contributed by atoms with Crippen LogP contribution in [0.1, 0.15) is 6.42 Å². The quantitative estimate of drug-likeness (QED) is 0.702. The van der Waals surface area contributed by atoms with Crippen LogP contribution in [-0.2, 0) is 4.74 Å². The number of halogens is 2. The van der Waals surface area contributed by atoms with Gasteiger partial charge in [-0.1, -0.05) is 0 Å². The Bertz CT molecular complexity index is 157. The number of ether oxygens (including phenoxy) is 1. The number of hydrogen-bond acceptors (Lipinski definition) is 3. The predicted octanol–water partition coefficient (Wildman–Crippen LogP) is 0.299. The van der Waals surface area contributed by atoms with E-state index < -0.39 is 6.43 Å². The Morgan fingerprint density at radius 2 is 2.31 bits per heavy atom. The Hall–Kier alpha value is -0.260.